The fraction of sp³-hybridized carbons (Fsp3) is 0.450. The van der Waals surface area contributed by atoms with Crippen LogP contribution in [0.15, 0.2) is 30.3 Å². The predicted octanol–water partition coefficient (Wildman–Crippen LogP) is 2.60. The molecule has 4 N–H and O–H groups in total. The normalized spacial score (nSPS) is 19.6. The number of hydrogen-bond acceptors (Lipinski definition) is 4. The van der Waals surface area contributed by atoms with E-state index in [0.717, 1.165) is 11.3 Å². The van der Waals surface area contributed by atoms with Gasteiger partial charge < -0.3 is 10.6 Å². The van der Waals surface area contributed by atoms with E-state index >= 15 is 0 Å². The zero-order chi connectivity index (χ0) is 21.2. The van der Waals surface area contributed by atoms with E-state index in [1.165, 1.54) is 12.1 Å². The number of hydrogen-bond donors (Lipinski definition) is 4. The molecular weight excluding hydrogens is 375 g/mol. The Morgan fingerprint density at radius 1 is 1.31 bits per heavy atom. The van der Waals surface area contributed by atoms with E-state index in [0.29, 0.717) is 12.2 Å². The average molecular weight is 402 g/mol. The summed E-state index contributed by atoms with van der Waals surface area (Å²) in [6, 6.07) is 7.27. The summed E-state index contributed by atoms with van der Waals surface area (Å²) in [6.07, 6.45) is -0.181. The molecule has 29 heavy (non-hydrogen) atoms. The van der Waals surface area contributed by atoms with Crippen molar-refractivity contribution >= 4 is 17.8 Å². The molecular formula is C20H27FN6O2. The van der Waals surface area contributed by atoms with Crippen LogP contribution >= 0.6 is 0 Å². The maximum atomic E-state index is 13.0. The number of rotatable bonds is 4. The third-order valence-electron chi connectivity index (χ3n) is 4.59. The summed E-state index contributed by atoms with van der Waals surface area (Å²) >= 11 is 0. The van der Waals surface area contributed by atoms with Gasteiger partial charge in [-0.05, 0) is 24.6 Å². The molecule has 2 heterocycles. The Morgan fingerprint density at radius 2 is 2.00 bits per heavy atom. The zero-order valence-electron chi connectivity index (χ0n) is 17.0. The number of carbonyl (C=O) groups excluding carboxylic acids is 2. The Hall–Kier alpha value is -2.94. The molecule has 2 aromatic rings. The highest BCUT2D eigenvalue weighted by molar-refractivity contribution is 5.88. The summed E-state index contributed by atoms with van der Waals surface area (Å²) < 4.78 is 14.6. The highest BCUT2D eigenvalue weighted by Gasteiger charge is 2.29. The summed E-state index contributed by atoms with van der Waals surface area (Å²) in [5.41, 5.74) is 1.32. The molecule has 3 rings (SSSR count). The molecule has 1 aromatic carbocycles. The Labute approximate surface area is 169 Å². The summed E-state index contributed by atoms with van der Waals surface area (Å²) in [5.74, 6) is 0.0484. The minimum absolute atomic E-state index is 0.0174. The van der Waals surface area contributed by atoms with Gasteiger partial charge >= 0.3 is 6.03 Å². The summed E-state index contributed by atoms with van der Waals surface area (Å²) in [5, 5.41) is 16.3. The molecule has 1 aliphatic rings. The van der Waals surface area contributed by atoms with E-state index in [1.54, 1.807) is 22.9 Å². The molecule has 0 bridgehead atoms. The van der Waals surface area contributed by atoms with Gasteiger partial charge in [-0.1, -0.05) is 32.9 Å². The van der Waals surface area contributed by atoms with Crippen LogP contribution in [0.4, 0.5) is 15.0 Å². The number of benzene rings is 1. The van der Waals surface area contributed by atoms with Crippen molar-refractivity contribution < 1.29 is 14.0 Å². The van der Waals surface area contributed by atoms with Crippen LogP contribution in [0.3, 0.4) is 0 Å². The third-order valence-corrected chi connectivity index (χ3v) is 4.59. The van der Waals surface area contributed by atoms with Gasteiger partial charge in [-0.3, -0.25) is 15.4 Å². The lowest BCUT2D eigenvalue weighted by Crippen LogP contribution is -2.52. The Balaban J connectivity index is 1.76. The molecule has 2 unspecified atom stereocenters. The van der Waals surface area contributed by atoms with Gasteiger partial charge in [-0.15, -0.1) is 0 Å². The van der Waals surface area contributed by atoms with E-state index in [1.807, 2.05) is 27.7 Å². The molecule has 2 atom stereocenters. The fourth-order valence-corrected chi connectivity index (χ4v) is 2.99. The zero-order valence-corrected chi connectivity index (χ0v) is 17.0. The fourth-order valence-electron chi connectivity index (χ4n) is 2.99. The van der Waals surface area contributed by atoms with Crippen LogP contribution in [-0.4, -0.2) is 27.8 Å². The van der Waals surface area contributed by atoms with Crippen molar-refractivity contribution in [3.63, 3.8) is 0 Å². The van der Waals surface area contributed by atoms with Gasteiger partial charge in [0.15, 0.2) is 6.29 Å². The van der Waals surface area contributed by atoms with Crippen molar-refractivity contribution in [1.82, 2.24) is 25.7 Å². The first-order valence-corrected chi connectivity index (χ1v) is 9.56. The van der Waals surface area contributed by atoms with Gasteiger partial charge in [0.2, 0.25) is 5.91 Å². The Bertz CT molecular complexity index is 887. The largest absolute Gasteiger partial charge is 0.334 e. The molecule has 1 saturated heterocycles. The van der Waals surface area contributed by atoms with E-state index in [9.17, 15) is 14.0 Å². The number of amides is 3. The van der Waals surface area contributed by atoms with Crippen molar-refractivity contribution in [3.05, 3.63) is 47.4 Å². The summed E-state index contributed by atoms with van der Waals surface area (Å²) in [7, 11) is 0. The lowest BCUT2D eigenvalue weighted by molar-refractivity contribution is -0.125. The van der Waals surface area contributed by atoms with E-state index in [-0.39, 0.29) is 29.7 Å². The average Bonchev–Trinajstić information content (AvgIpc) is 3.04. The molecule has 156 valence electrons. The van der Waals surface area contributed by atoms with Crippen LogP contribution in [0.5, 0.6) is 0 Å². The molecule has 1 fully saturated rings. The predicted molar refractivity (Wildman–Crippen MR) is 108 cm³/mol. The molecule has 1 aromatic heterocycles. The summed E-state index contributed by atoms with van der Waals surface area (Å²) in [6.45, 7) is 8.24. The van der Waals surface area contributed by atoms with E-state index in [4.69, 9.17) is 0 Å². The highest BCUT2D eigenvalue weighted by atomic mass is 19.1. The Kier molecular flexibility index (Phi) is 5.88. The van der Waals surface area contributed by atoms with Gasteiger partial charge in [0.05, 0.1) is 5.69 Å². The molecule has 9 heteroatoms. The quantitative estimate of drug-likeness (QED) is 0.632. The first-order valence-electron chi connectivity index (χ1n) is 9.56. The number of anilines is 1. The van der Waals surface area contributed by atoms with Crippen LogP contribution in [0.1, 0.15) is 51.7 Å². The molecule has 0 saturated carbocycles. The minimum atomic E-state index is -0.560. The van der Waals surface area contributed by atoms with Gasteiger partial charge in [-0.2, -0.15) is 5.10 Å². The van der Waals surface area contributed by atoms with Gasteiger partial charge in [-0.25, -0.2) is 13.9 Å². The van der Waals surface area contributed by atoms with E-state index < -0.39 is 12.3 Å². The molecule has 0 spiro atoms. The van der Waals surface area contributed by atoms with Crippen molar-refractivity contribution in [2.75, 3.05) is 5.32 Å². The number of urea groups is 1. The van der Waals surface area contributed by atoms with Crippen molar-refractivity contribution in [2.45, 2.75) is 58.4 Å². The van der Waals surface area contributed by atoms with Crippen molar-refractivity contribution in [3.8, 4) is 0 Å². The second kappa shape index (κ2) is 8.20. The molecule has 0 radical (unpaired) electrons. The number of nitrogens with one attached hydrogen (secondary N) is 4. The minimum Gasteiger partial charge on any atom is -0.334 e. The van der Waals surface area contributed by atoms with Gasteiger partial charge in [0.1, 0.15) is 11.6 Å². The van der Waals surface area contributed by atoms with Gasteiger partial charge in [0.25, 0.3) is 0 Å². The van der Waals surface area contributed by atoms with Crippen molar-refractivity contribution in [1.29, 1.82) is 0 Å². The molecule has 1 aliphatic heterocycles. The maximum absolute atomic E-state index is 13.0. The first kappa shape index (κ1) is 20.8. The smallest absolute Gasteiger partial charge is 0.320 e. The lowest BCUT2D eigenvalue weighted by Gasteiger charge is -2.30. The number of nitrogens with zero attached hydrogens (tertiary/aromatic N) is 2. The molecule has 3 amide bonds. The first-order chi connectivity index (χ1) is 13.6. The third kappa shape index (κ3) is 5.32. The van der Waals surface area contributed by atoms with Crippen LogP contribution < -0.4 is 21.3 Å². The summed E-state index contributed by atoms with van der Waals surface area (Å²) in [4.78, 5) is 24.4. The number of halogens is 1. The maximum Gasteiger partial charge on any atom is 0.320 e. The Morgan fingerprint density at radius 3 is 2.62 bits per heavy atom. The standard InChI is InChI=1S/C20H27FN6O2/c1-12-9-17(28)25-18(23-12)27-16(10-15(26-27)20(2,3)4)24-19(29)22-11-13-5-7-14(21)8-6-13/h5-8,10,12,18,23H,9,11H2,1-4H3,(H,25,28)(H2,22,24,29). The second-order valence-corrected chi connectivity index (χ2v) is 8.29. The number of aromatic nitrogens is 2. The van der Waals surface area contributed by atoms with Crippen LogP contribution in [0.25, 0.3) is 0 Å². The highest BCUT2D eigenvalue weighted by Crippen LogP contribution is 2.26. The molecule has 8 nitrogen and oxygen atoms in total. The topological polar surface area (TPSA) is 100 Å². The van der Waals surface area contributed by atoms with E-state index in [2.05, 4.69) is 26.4 Å². The van der Waals surface area contributed by atoms with Crippen LogP contribution in [0, 0.1) is 5.82 Å². The second-order valence-electron chi connectivity index (χ2n) is 8.29. The van der Waals surface area contributed by atoms with Crippen LogP contribution in [0.2, 0.25) is 0 Å². The number of carbonyl (C=O) groups is 2. The SMILES string of the molecule is CC1CC(=O)NC(n2nc(C(C)(C)C)cc2NC(=O)NCc2ccc(F)cc2)N1. The van der Waals surface area contributed by atoms with Crippen molar-refractivity contribution in [2.24, 2.45) is 0 Å². The van der Waals surface area contributed by atoms with Crippen LogP contribution in [-0.2, 0) is 16.8 Å². The van der Waals surface area contributed by atoms with Gasteiger partial charge in [0, 0.05) is 30.5 Å². The lowest BCUT2D eigenvalue weighted by atomic mass is 9.92. The molecule has 0 aliphatic carbocycles. The monoisotopic (exact) mass is 402 g/mol.